The number of aromatic nitrogens is 2. The summed E-state index contributed by atoms with van der Waals surface area (Å²) in [6.07, 6.45) is 9.85. The van der Waals surface area contributed by atoms with Gasteiger partial charge in [-0.25, -0.2) is 0 Å². The zero-order valence-corrected chi connectivity index (χ0v) is 7.42. The lowest BCUT2D eigenvalue weighted by Crippen LogP contribution is -2.08. The third kappa shape index (κ3) is 1.86. The van der Waals surface area contributed by atoms with Crippen LogP contribution < -0.4 is 5.56 Å². The fourth-order valence-corrected chi connectivity index (χ4v) is 1.62. The van der Waals surface area contributed by atoms with Crippen LogP contribution in [0.5, 0.6) is 0 Å². The number of hydrogen-bond acceptors (Lipinski definition) is 2. The molecule has 0 saturated carbocycles. The maximum absolute atomic E-state index is 11.0. The Kier molecular flexibility index (Phi) is 2.25. The van der Waals surface area contributed by atoms with E-state index in [-0.39, 0.29) is 5.56 Å². The van der Waals surface area contributed by atoms with Gasteiger partial charge in [0.2, 0.25) is 0 Å². The summed E-state index contributed by atoms with van der Waals surface area (Å²) in [5.74, 6) is 0. The molecule has 0 fully saturated rings. The van der Waals surface area contributed by atoms with Crippen molar-refractivity contribution in [2.24, 2.45) is 0 Å². The molecule has 1 aromatic heterocycles. The van der Waals surface area contributed by atoms with E-state index in [4.69, 9.17) is 0 Å². The summed E-state index contributed by atoms with van der Waals surface area (Å²) in [7, 11) is 0. The summed E-state index contributed by atoms with van der Waals surface area (Å²) < 4.78 is 0. The fraction of sp³-hybridized carbons (Fsp3) is 0.400. The van der Waals surface area contributed by atoms with Gasteiger partial charge >= 0.3 is 0 Å². The van der Waals surface area contributed by atoms with Crippen LogP contribution >= 0.6 is 0 Å². The van der Waals surface area contributed by atoms with Gasteiger partial charge in [-0.1, -0.05) is 6.08 Å². The standard InChI is InChI=1S/C10H12N2O/c13-10-7-11-6-9(12-10)8-4-2-1-3-5-8/h4,6-7H,1-3,5H2,(H,12,13). The van der Waals surface area contributed by atoms with E-state index in [2.05, 4.69) is 16.0 Å². The van der Waals surface area contributed by atoms with E-state index >= 15 is 0 Å². The van der Waals surface area contributed by atoms with Crippen LogP contribution in [0.2, 0.25) is 0 Å². The molecule has 1 N–H and O–H groups in total. The zero-order chi connectivity index (χ0) is 9.10. The Labute approximate surface area is 76.5 Å². The molecule has 0 amide bonds. The van der Waals surface area contributed by atoms with Gasteiger partial charge in [0, 0.05) is 0 Å². The molecule has 0 atom stereocenters. The molecule has 3 heteroatoms. The van der Waals surface area contributed by atoms with Gasteiger partial charge < -0.3 is 4.98 Å². The first-order chi connectivity index (χ1) is 6.36. The largest absolute Gasteiger partial charge is 0.320 e. The van der Waals surface area contributed by atoms with E-state index in [1.54, 1.807) is 6.20 Å². The smallest absolute Gasteiger partial charge is 0.266 e. The summed E-state index contributed by atoms with van der Waals surface area (Å²) in [4.78, 5) is 17.7. The fourth-order valence-electron chi connectivity index (χ4n) is 1.62. The average molecular weight is 176 g/mol. The van der Waals surface area contributed by atoms with Crippen LogP contribution in [0.3, 0.4) is 0 Å². The molecular weight excluding hydrogens is 164 g/mol. The third-order valence-corrected chi connectivity index (χ3v) is 2.29. The Morgan fingerprint density at radius 2 is 2.23 bits per heavy atom. The van der Waals surface area contributed by atoms with Gasteiger partial charge in [-0.05, 0) is 31.3 Å². The van der Waals surface area contributed by atoms with E-state index in [9.17, 15) is 4.79 Å². The normalized spacial score (nSPS) is 16.8. The summed E-state index contributed by atoms with van der Waals surface area (Å²) in [6.45, 7) is 0. The van der Waals surface area contributed by atoms with Crippen molar-refractivity contribution in [3.05, 3.63) is 34.5 Å². The van der Waals surface area contributed by atoms with Crippen LogP contribution in [0, 0.1) is 0 Å². The molecule has 0 unspecified atom stereocenters. The average Bonchev–Trinajstić information content (AvgIpc) is 2.19. The van der Waals surface area contributed by atoms with Gasteiger partial charge in [0.15, 0.2) is 0 Å². The molecule has 2 rings (SSSR count). The highest BCUT2D eigenvalue weighted by atomic mass is 16.1. The lowest BCUT2D eigenvalue weighted by molar-refractivity contribution is 0.739. The van der Waals surface area contributed by atoms with E-state index in [1.807, 2.05) is 0 Å². The quantitative estimate of drug-likeness (QED) is 0.708. The van der Waals surface area contributed by atoms with E-state index in [0.29, 0.717) is 0 Å². The molecule has 1 aromatic rings. The third-order valence-electron chi connectivity index (χ3n) is 2.29. The molecule has 68 valence electrons. The van der Waals surface area contributed by atoms with Crippen LogP contribution in [0.4, 0.5) is 0 Å². The van der Waals surface area contributed by atoms with Crippen LogP contribution in [0.25, 0.3) is 5.57 Å². The summed E-state index contributed by atoms with van der Waals surface area (Å²) in [5.41, 5.74) is 1.99. The van der Waals surface area contributed by atoms with Gasteiger partial charge in [0.1, 0.15) is 0 Å². The predicted molar refractivity (Wildman–Crippen MR) is 51.3 cm³/mol. The summed E-state index contributed by atoms with van der Waals surface area (Å²) in [5, 5.41) is 0. The molecule has 1 aliphatic rings. The summed E-state index contributed by atoms with van der Waals surface area (Å²) >= 11 is 0. The number of allylic oxidation sites excluding steroid dienone is 2. The monoisotopic (exact) mass is 176 g/mol. The van der Waals surface area contributed by atoms with E-state index in [1.165, 1.54) is 24.6 Å². The Hall–Kier alpha value is -1.38. The lowest BCUT2D eigenvalue weighted by atomic mass is 9.97. The topological polar surface area (TPSA) is 45.8 Å². The molecule has 1 aliphatic carbocycles. The minimum atomic E-state index is -0.121. The van der Waals surface area contributed by atoms with Gasteiger partial charge in [0.05, 0.1) is 18.1 Å². The van der Waals surface area contributed by atoms with Crippen LogP contribution in [-0.2, 0) is 0 Å². The Bertz CT molecular complexity index is 379. The van der Waals surface area contributed by atoms with Crippen LogP contribution in [0.1, 0.15) is 31.4 Å². The molecule has 0 aliphatic heterocycles. The number of hydrogen-bond donors (Lipinski definition) is 1. The molecule has 1 heterocycles. The molecule has 0 aromatic carbocycles. The second-order valence-corrected chi connectivity index (χ2v) is 3.29. The highest BCUT2D eigenvalue weighted by Gasteiger charge is 2.06. The lowest BCUT2D eigenvalue weighted by Gasteiger charge is -2.11. The van der Waals surface area contributed by atoms with Crippen LogP contribution in [0.15, 0.2) is 23.3 Å². The highest BCUT2D eigenvalue weighted by molar-refractivity contribution is 5.62. The second kappa shape index (κ2) is 3.56. The van der Waals surface area contributed by atoms with Crippen molar-refractivity contribution < 1.29 is 0 Å². The van der Waals surface area contributed by atoms with Crippen molar-refractivity contribution in [3.63, 3.8) is 0 Å². The minimum absolute atomic E-state index is 0.121. The van der Waals surface area contributed by atoms with Crippen molar-refractivity contribution in [2.75, 3.05) is 0 Å². The molecule has 0 radical (unpaired) electrons. The summed E-state index contributed by atoms with van der Waals surface area (Å²) in [6, 6.07) is 0. The molecule has 3 nitrogen and oxygen atoms in total. The number of rotatable bonds is 1. The van der Waals surface area contributed by atoms with Gasteiger partial charge in [-0.2, -0.15) is 0 Å². The second-order valence-electron chi connectivity index (χ2n) is 3.29. The van der Waals surface area contributed by atoms with Gasteiger partial charge in [-0.3, -0.25) is 9.78 Å². The van der Waals surface area contributed by atoms with E-state index in [0.717, 1.165) is 18.5 Å². The Morgan fingerprint density at radius 3 is 2.92 bits per heavy atom. The minimum Gasteiger partial charge on any atom is -0.320 e. The Balaban J connectivity index is 2.34. The maximum atomic E-state index is 11.0. The molecule has 0 spiro atoms. The van der Waals surface area contributed by atoms with Crippen molar-refractivity contribution in [1.82, 2.24) is 9.97 Å². The zero-order valence-electron chi connectivity index (χ0n) is 7.42. The molecule has 0 bridgehead atoms. The van der Waals surface area contributed by atoms with Gasteiger partial charge in [0.25, 0.3) is 5.56 Å². The Morgan fingerprint density at radius 1 is 1.31 bits per heavy atom. The number of aromatic amines is 1. The predicted octanol–water partition coefficient (Wildman–Crippen LogP) is 1.73. The first kappa shape index (κ1) is 8.23. The molecule has 0 saturated heterocycles. The number of nitrogens with one attached hydrogen (secondary N) is 1. The maximum Gasteiger partial charge on any atom is 0.266 e. The number of nitrogens with zero attached hydrogens (tertiary/aromatic N) is 1. The van der Waals surface area contributed by atoms with Crippen molar-refractivity contribution in [3.8, 4) is 0 Å². The highest BCUT2D eigenvalue weighted by Crippen LogP contribution is 2.23. The first-order valence-electron chi connectivity index (χ1n) is 4.60. The van der Waals surface area contributed by atoms with Gasteiger partial charge in [-0.15, -0.1) is 0 Å². The first-order valence-corrected chi connectivity index (χ1v) is 4.60. The van der Waals surface area contributed by atoms with Crippen molar-refractivity contribution in [1.29, 1.82) is 0 Å². The van der Waals surface area contributed by atoms with Crippen molar-refractivity contribution >= 4 is 5.57 Å². The molecular formula is C10H12N2O. The van der Waals surface area contributed by atoms with E-state index < -0.39 is 0 Å². The van der Waals surface area contributed by atoms with Crippen LogP contribution in [-0.4, -0.2) is 9.97 Å². The molecule has 13 heavy (non-hydrogen) atoms. The SMILES string of the molecule is O=c1cncc(C2=CCCCC2)[nH]1. The van der Waals surface area contributed by atoms with Crippen molar-refractivity contribution in [2.45, 2.75) is 25.7 Å². The number of H-pyrrole nitrogens is 1.